The molecule has 0 fully saturated rings. The van der Waals surface area contributed by atoms with Crippen LogP contribution in [-0.2, 0) is 5.41 Å². The van der Waals surface area contributed by atoms with E-state index in [0.717, 1.165) is 33.4 Å². The topological polar surface area (TPSA) is 34.1 Å². The first kappa shape index (κ1) is 17.4. The molecular weight excluding hydrogens is 332 g/mol. The van der Waals surface area contributed by atoms with Gasteiger partial charge in [0.15, 0.2) is 11.6 Å². The highest BCUT2D eigenvalue weighted by Gasteiger charge is 2.56. The molecule has 0 atom stereocenters. The van der Waals surface area contributed by atoms with Gasteiger partial charge in [0.25, 0.3) is 0 Å². The summed E-state index contributed by atoms with van der Waals surface area (Å²) in [4.78, 5) is 27.7. The molecule has 27 heavy (non-hydrogen) atoms. The maximum atomic E-state index is 13.8. The Hall–Kier alpha value is -3.00. The Labute approximate surface area is 159 Å². The summed E-state index contributed by atoms with van der Waals surface area (Å²) in [6.45, 7) is 7.95. The maximum absolute atomic E-state index is 13.8. The third kappa shape index (κ3) is 2.33. The molecule has 134 valence electrons. The molecule has 0 heterocycles. The average Bonchev–Trinajstić information content (AvgIpc) is 2.88. The van der Waals surface area contributed by atoms with Crippen LogP contribution in [0.2, 0.25) is 0 Å². The second kappa shape index (κ2) is 6.02. The number of hydrogen-bond donors (Lipinski definition) is 0. The van der Waals surface area contributed by atoms with Crippen molar-refractivity contribution in [3.63, 3.8) is 0 Å². The molecule has 1 aliphatic carbocycles. The fraction of sp³-hybridized carbons (Fsp3) is 0.200. The van der Waals surface area contributed by atoms with E-state index in [4.69, 9.17) is 0 Å². The van der Waals surface area contributed by atoms with Crippen molar-refractivity contribution >= 4 is 11.6 Å². The summed E-state index contributed by atoms with van der Waals surface area (Å²) >= 11 is 0. The van der Waals surface area contributed by atoms with E-state index in [1.54, 1.807) is 12.1 Å². The third-order valence-corrected chi connectivity index (χ3v) is 5.69. The number of Topliss-reactive ketones (excluding diaryl/α,β-unsaturated/α-hetero) is 2. The lowest BCUT2D eigenvalue weighted by Crippen LogP contribution is -2.41. The molecular formula is C25H22O2. The number of rotatable bonds is 2. The molecule has 0 saturated carbocycles. The van der Waals surface area contributed by atoms with Crippen LogP contribution in [0, 0.1) is 27.7 Å². The molecule has 0 aliphatic heterocycles. The highest BCUT2D eigenvalue weighted by atomic mass is 16.2. The van der Waals surface area contributed by atoms with Crippen LogP contribution in [0.15, 0.2) is 60.7 Å². The fourth-order valence-electron chi connectivity index (χ4n) is 4.30. The number of fused-ring (bicyclic) bond motifs is 1. The minimum atomic E-state index is -1.31. The molecule has 0 amide bonds. The second-order valence-electron chi connectivity index (χ2n) is 7.59. The van der Waals surface area contributed by atoms with Crippen LogP contribution in [0.3, 0.4) is 0 Å². The number of hydrogen-bond acceptors (Lipinski definition) is 2. The number of carbonyl (C=O) groups excluding carboxylic acids is 2. The van der Waals surface area contributed by atoms with Crippen LogP contribution in [-0.4, -0.2) is 11.6 Å². The Balaban J connectivity index is 2.16. The molecule has 2 heteroatoms. The molecule has 3 aromatic rings. The Kier molecular flexibility index (Phi) is 3.88. The van der Waals surface area contributed by atoms with Crippen molar-refractivity contribution in [3.05, 3.63) is 105 Å². The lowest BCUT2D eigenvalue weighted by Gasteiger charge is -2.31. The van der Waals surface area contributed by atoms with Gasteiger partial charge in [-0.2, -0.15) is 0 Å². The first-order valence-corrected chi connectivity index (χ1v) is 9.21. The minimum absolute atomic E-state index is 0.120. The van der Waals surface area contributed by atoms with Crippen molar-refractivity contribution in [2.45, 2.75) is 33.1 Å². The van der Waals surface area contributed by atoms with Crippen LogP contribution in [0.5, 0.6) is 0 Å². The van der Waals surface area contributed by atoms with Crippen LogP contribution in [0.1, 0.15) is 54.1 Å². The molecule has 0 unspecified atom stereocenters. The molecule has 0 radical (unpaired) electrons. The number of benzene rings is 3. The molecule has 4 rings (SSSR count). The monoisotopic (exact) mass is 354 g/mol. The Morgan fingerprint density at radius 2 is 1.00 bits per heavy atom. The minimum Gasteiger partial charge on any atom is -0.292 e. The molecule has 0 aromatic heterocycles. The van der Waals surface area contributed by atoms with Gasteiger partial charge in [-0.15, -0.1) is 0 Å². The van der Waals surface area contributed by atoms with Gasteiger partial charge in [0, 0.05) is 11.1 Å². The first-order valence-electron chi connectivity index (χ1n) is 9.21. The first-order chi connectivity index (χ1) is 12.9. The molecule has 3 aromatic carbocycles. The van der Waals surface area contributed by atoms with Crippen LogP contribution in [0.25, 0.3) is 0 Å². The lowest BCUT2D eigenvalue weighted by molar-refractivity contribution is 0.0828. The quantitative estimate of drug-likeness (QED) is 0.586. The molecule has 2 nitrogen and oxygen atoms in total. The van der Waals surface area contributed by atoms with Gasteiger partial charge >= 0.3 is 0 Å². The van der Waals surface area contributed by atoms with Gasteiger partial charge in [-0.25, -0.2) is 0 Å². The molecule has 0 saturated heterocycles. The van der Waals surface area contributed by atoms with Gasteiger partial charge in [0.2, 0.25) is 0 Å². The summed E-state index contributed by atoms with van der Waals surface area (Å²) in [5, 5.41) is 0. The molecule has 1 aliphatic rings. The Morgan fingerprint density at radius 3 is 1.41 bits per heavy atom. The third-order valence-electron chi connectivity index (χ3n) is 5.69. The van der Waals surface area contributed by atoms with E-state index in [2.05, 4.69) is 0 Å². The van der Waals surface area contributed by atoms with Crippen LogP contribution < -0.4 is 0 Å². The van der Waals surface area contributed by atoms with E-state index in [0.29, 0.717) is 11.1 Å². The van der Waals surface area contributed by atoms with Crippen molar-refractivity contribution in [1.29, 1.82) is 0 Å². The van der Waals surface area contributed by atoms with Gasteiger partial charge in [0.05, 0.1) is 0 Å². The predicted octanol–water partition coefficient (Wildman–Crippen LogP) is 5.29. The highest BCUT2D eigenvalue weighted by molar-refractivity contribution is 6.35. The summed E-state index contributed by atoms with van der Waals surface area (Å²) in [6.07, 6.45) is 0. The molecule has 0 spiro atoms. The van der Waals surface area contributed by atoms with E-state index < -0.39 is 5.41 Å². The van der Waals surface area contributed by atoms with Crippen molar-refractivity contribution in [1.82, 2.24) is 0 Å². The van der Waals surface area contributed by atoms with Gasteiger partial charge in [-0.3, -0.25) is 9.59 Å². The zero-order chi connectivity index (χ0) is 19.3. The van der Waals surface area contributed by atoms with Crippen molar-refractivity contribution in [2.24, 2.45) is 0 Å². The summed E-state index contributed by atoms with van der Waals surface area (Å²) < 4.78 is 0. The predicted molar refractivity (Wildman–Crippen MR) is 108 cm³/mol. The van der Waals surface area contributed by atoms with Crippen molar-refractivity contribution < 1.29 is 9.59 Å². The van der Waals surface area contributed by atoms with Crippen molar-refractivity contribution in [3.8, 4) is 0 Å². The van der Waals surface area contributed by atoms with Gasteiger partial charge in [-0.1, -0.05) is 71.8 Å². The Morgan fingerprint density at radius 1 is 0.593 bits per heavy atom. The summed E-state index contributed by atoms with van der Waals surface area (Å²) in [5.41, 5.74) is 5.30. The van der Waals surface area contributed by atoms with E-state index in [1.165, 1.54) is 0 Å². The molecule has 0 bridgehead atoms. The average molecular weight is 354 g/mol. The van der Waals surface area contributed by atoms with E-state index >= 15 is 0 Å². The zero-order valence-electron chi connectivity index (χ0n) is 16.1. The van der Waals surface area contributed by atoms with Crippen molar-refractivity contribution in [2.75, 3.05) is 0 Å². The maximum Gasteiger partial charge on any atom is 0.186 e. The van der Waals surface area contributed by atoms with Gasteiger partial charge in [-0.05, 0) is 49.9 Å². The number of aryl methyl sites for hydroxylation is 4. The smallest absolute Gasteiger partial charge is 0.186 e. The largest absolute Gasteiger partial charge is 0.292 e. The van der Waals surface area contributed by atoms with E-state index in [9.17, 15) is 9.59 Å². The van der Waals surface area contributed by atoms with Crippen LogP contribution >= 0.6 is 0 Å². The SMILES string of the molecule is Cc1ccc(C)c(C2(c3cc(C)ccc3C)C(=O)c3ccccc3C2=O)c1. The van der Waals surface area contributed by atoms with Gasteiger partial charge < -0.3 is 0 Å². The lowest BCUT2D eigenvalue weighted by atomic mass is 9.67. The normalized spacial score (nSPS) is 15.1. The zero-order valence-corrected chi connectivity index (χ0v) is 16.1. The fourth-order valence-corrected chi connectivity index (χ4v) is 4.30. The number of ketones is 2. The Bertz CT molecular complexity index is 1020. The van der Waals surface area contributed by atoms with E-state index in [1.807, 2.05) is 76.2 Å². The molecule has 0 N–H and O–H groups in total. The summed E-state index contributed by atoms with van der Waals surface area (Å²) in [5.74, 6) is -0.240. The van der Waals surface area contributed by atoms with Crippen LogP contribution in [0.4, 0.5) is 0 Å². The standard InChI is InChI=1S/C25H22O2/c1-15-9-11-17(3)21(13-15)25(22-14-16(2)10-12-18(22)4)23(26)19-7-5-6-8-20(19)24(25)27/h5-14H,1-4H3. The summed E-state index contributed by atoms with van der Waals surface area (Å²) in [6, 6.07) is 19.2. The van der Waals surface area contributed by atoms with Gasteiger partial charge in [0.1, 0.15) is 5.41 Å². The van der Waals surface area contributed by atoms with E-state index in [-0.39, 0.29) is 11.6 Å². The number of carbonyl (C=O) groups is 2. The second-order valence-corrected chi connectivity index (χ2v) is 7.59. The highest BCUT2D eigenvalue weighted by Crippen LogP contribution is 2.47. The summed E-state index contributed by atoms with van der Waals surface area (Å²) in [7, 11) is 0.